The van der Waals surface area contributed by atoms with Crippen LogP contribution < -0.4 is 16.0 Å². The number of fused-ring (bicyclic) bond motifs is 1. The molecule has 8 heteroatoms. The number of benzene rings is 2. The highest BCUT2D eigenvalue weighted by Crippen LogP contribution is 2.35. The molecule has 0 spiro atoms. The Kier molecular flexibility index (Phi) is 7.07. The van der Waals surface area contributed by atoms with Gasteiger partial charge >= 0.3 is 0 Å². The van der Waals surface area contributed by atoms with Crippen molar-refractivity contribution in [2.24, 2.45) is 0 Å². The van der Waals surface area contributed by atoms with Crippen LogP contribution in [0.4, 0.5) is 5.69 Å². The normalized spacial score (nSPS) is 16.2. The number of hydrogen-bond acceptors (Lipinski definition) is 4. The average molecular weight is 504 g/mol. The Morgan fingerprint density at radius 2 is 1.81 bits per heavy atom. The van der Waals surface area contributed by atoms with Gasteiger partial charge in [0.1, 0.15) is 0 Å². The summed E-state index contributed by atoms with van der Waals surface area (Å²) in [7, 11) is 0. The van der Waals surface area contributed by atoms with Crippen LogP contribution in [0.15, 0.2) is 52.5 Å². The summed E-state index contributed by atoms with van der Waals surface area (Å²) in [5, 5.41) is 9.83. The molecule has 2 amide bonds. The number of amides is 2. The van der Waals surface area contributed by atoms with E-state index in [1.54, 1.807) is 24.3 Å². The maximum absolute atomic E-state index is 13.1. The minimum absolute atomic E-state index is 0.211. The SMILES string of the molecule is O=C(Nc1ccc(Cl)cc1)C1=C(C(=O)NCCN2CCNCC2)c2ccc(Br)cc2C1. The third kappa shape index (κ3) is 5.36. The molecule has 0 bridgehead atoms. The largest absolute Gasteiger partial charge is 0.351 e. The number of piperazine rings is 1. The fraction of sp³-hybridized carbons (Fsp3) is 0.304. The third-order valence-corrected chi connectivity index (χ3v) is 6.28. The van der Waals surface area contributed by atoms with Crippen molar-refractivity contribution < 1.29 is 9.59 Å². The molecule has 0 radical (unpaired) electrons. The van der Waals surface area contributed by atoms with Gasteiger partial charge < -0.3 is 16.0 Å². The first-order valence-corrected chi connectivity index (χ1v) is 11.5. The van der Waals surface area contributed by atoms with Crippen molar-refractivity contribution in [3.8, 4) is 0 Å². The van der Waals surface area contributed by atoms with Gasteiger partial charge in [0.25, 0.3) is 11.8 Å². The third-order valence-electron chi connectivity index (χ3n) is 5.53. The molecule has 1 heterocycles. The molecule has 6 nitrogen and oxygen atoms in total. The van der Waals surface area contributed by atoms with Crippen molar-refractivity contribution in [1.82, 2.24) is 15.5 Å². The molecule has 162 valence electrons. The number of carbonyl (C=O) groups excluding carboxylic acids is 2. The van der Waals surface area contributed by atoms with Crippen LogP contribution in [0.1, 0.15) is 11.1 Å². The second-order valence-corrected chi connectivity index (χ2v) is 8.99. The van der Waals surface area contributed by atoms with E-state index in [1.165, 1.54) is 0 Å². The first kappa shape index (κ1) is 22.0. The summed E-state index contributed by atoms with van der Waals surface area (Å²) >= 11 is 9.42. The van der Waals surface area contributed by atoms with Crippen LogP contribution in [0.3, 0.4) is 0 Å². The molecule has 2 aromatic carbocycles. The summed E-state index contributed by atoms with van der Waals surface area (Å²) in [5.41, 5.74) is 3.33. The summed E-state index contributed by atoms with van der Waals surface area (Å²) < 4.78 is 0.920. The van der Waals surface area contributed by atoms with E-state index in [0.29, 0.717) is 34.8 Å². The molecule has 0 saturated carbocycles. The van der Waals surface area contributed by atoms with Gasteiger partial charge in [0, 0.05) is 66.4 Å². The maximum Gasteiger partial charge on any atom is 0.252 e. The van der Waals surface area contributed by atoms with Gasteiger partial charge in [-0.3, -0.25) is 14.5 Å². The lowest BCUT2D eigenvalue weighted by Crippen LogP contribution is -2.46. The lowest BCUT2D eigenvalue weighted by Gasteiger charge is -2.27. The van der Waals surface area contributed by atoms with Gasteiger partial charge in [-0.1, -0.05) is 33.6 Å². The first-order valence-electron chi connectivity index (χ1n) is 10.3. The van der Waals surface area contributed by atoms with Crippen molar-refractivity contribution in [3.05, 3.63) is 68.7 Å². The molecular formula is C23H24BrClN4O2. The number of anilines is 1. The number of nitrogens with one attached hydrogen (secondary N) is 3. The quantitative estimate of drug-likeness (QED) is 0.566. The second kappa shape index (κ2) is 9.96. The van der Waals surface area contributed by atoms with Gasteiger partial charge in [-0.2, -0.15) is 0 Å². The number of hydrogen-bond donors (Lipinski definition) is 3. The molecule has 2 aromatic rings. The van der Waals surface area contributed by atoms with E-state index < -0.39 is 0 Å². The van der Waals surface area contributed by atoms with E-state index in [4.69, 9.17) is 11.6 Å². The Bertz CT molecular complexity index is 1020. The van der Waals surface area contributed by atoms with E-state index in [1.807, 2.05) is 18.2 Å². The van der Waals surface area contributed by atoms with Crippen molar-refractivity contribution in [2.45, 2.75) is 6.42 Å². The van der Waals surface area contributed by atoms with Gasteiger partial charge in [0.05, 0.1) is 5.57 Å². The zero-order valence-electron chi connectivity index (χ0n) is 17.0. The molecule has 1 aliphatic heterocycles. The highest BCUT2D eigenvalue weighted by atomic mass is 79.9. The highest BCUT2D eigenvalue weighted by Gasteiger charge is 2.30. The van der Waals surface area contributed by atoms with Gasteiger partial charge in [0.15, 0.2) is 0 Å². The Balaban J connectivity index is 1.52. The van der Waals surface area contributed by atoms with E-state index >= 15 is 0 Å². The molecule has 2 aliphatic rings. The molecule has 1 saturated heterocycles. The minimum atomic E-state index is -0.276. The standard InChI is InChI=1S/C23H24BrClN4O2/c24-16-1-6-19-15(13-16)14-20(22(30)28-18-4-2-17(25)3-5-18)21(19)23(31)27-9-12-29-10-7-26-8-11-29/h1-6,13,26H,7-12,14H2,(H,27,31)(H,28,30). The summed E-state index contributed by atoms with van der Waals surface area (Å²) in [4.78, 5) is 28.5. The second-order valence-electron chi connectivity index (χ2n) is 7.64. The van der Waals surface area contributed by atoms with Gasteiger partial charge in [-0.05, 0) is 47.5 Å². The Hall–Kier alpha value is -2.19. The van der Waals surface area contributed by atoms with Crippen LogP contribution in [0.5, 0.6) is 0 Å². The maximum atomic E-state index is 13.1. The predicted molar refractivity (Wildman–Crippen MR) is 127 cm³/mol. The molecule has 0 unspecified atom stereocenters. The molecule has 3 N–H and O–H groups in total. The van der Waals surface area contributed by atoms with Crippen LogP contribution in [0.25, 0.3) is 5.57 Å². The zero-order valence-corrected chi connectivity index (χ0v) is 19.4. The number of nitrogens with zero attached hydrogens (tertiary/aromatic N) is 1. The molecule has 0 aromatic heterocycles. The van der Waals surface area contributed by atoms with E-state index in [0.717, 1.165) is 48.3 Å². The molecule has 1 fully saturated rings. The van der Waals surface area contributed by atoms with E-state index in [9.17, 15) is 9.59 Å². The molecule has 31 heavy (non-hydrogen) atoms. The average Bonchev–Trinajstić information content (AvgIpc) is 3.15. The fourth-order valence-corrected chi connectivity index (χ4v) is 4.47. The summed E-state index contributed by atoms with van der Waals surface area (Å²) in [5.74, 6) is -0.487. The Morgan fingerprint density at radius 1 is 1.06 bits per heavy atom. The Morgan fingerprint density at radius 3 is 2.55 bits per heavy atom. The molecule has 0 atom stereocenters. The molecule has 1 aliphatic carbocycles. The van der Waals surface area contributed by atoms with Crippen LogP contribution in [0.2, 0.25) is 5.02 Å². The molecule has 4 rings (SSSR count). The summed E-state index contributed by atoms with van der Waals surface area (Å²) in [6.45, 7) is 5.22. The molecular weight excluding hydrogens is 480 g/mol. The number of halogens is 2. The van der Waals surface area contributed by atoms with E-state index in [2.05, 4.69) is 36.8 Å². The van der Waals surface area contributed by atoms with Crippen molar-refractivity contribution in [1.29, 1.82) is 0 Å². The topological polar surface area (TPSA) is 73.5 Å². The Labute approximate surface area is 195 Å². The number of rotatable bonds is 6. The fourth-order valence-electron chi connectivity index (χ4n) is 3.94. The van der Waals surface area contributed by atoms with Crippen LogP contribution in [-0.4, -0.2) is 56.0 Å². The summed E-state index contributed by atoms with van der Waals surface area (Å²) in [6, 6.07) is 12.7. The monoisotopic (exact) mass is 502 g/mol. The van der Waals surface area contributed by atoms with Gasteiger partial charge in [-0.15, -0.1) is 0 Å². The summed E-state index contributed by atoms with van der Waals surface area (Å²) in [6.07, 6.45) is 0.411. The lowest BCUT2D eigenvalue weighted by molar-refractivity contribution is -0.116. The van der Waals surface area contributed by atoms with Crippen LogP contribution in [0, 0.1) is 0 Å². The first-order chi connectivity index (χ1) is 15.0. The number of carbonyl (C=O) groups is 2. The zero-order chi connectivity index (χ0) is 21.8. The van der Waals surface area contributed by atoms with Crippen LogP contribution in [-0.2, 0) is 16.0 Å². The van der Waals surface area contributed by atoms with Crippen LogP contribution >= 0.6 is 27.5 Å². The smallest absolute Gasteiger partial charge is 0.252 e. The predicted octanol–water partition coefficient (Wildman–Crippen LogP) is 3.07. The van der Waals surface area contributed by atoms with Gasteiger partial charge in [-0.25, -0.2) is 0 Å². The van der Waals surface area contributed by atoms with Crippen molar-refractivity contribution >= 4 is 50.6 Å². The lowest BCUT2D eigenvalue weighted by atomic mass is 10.0. The minimum Gasteiger partial charge on any atom is -0.351 e. The van der Waals surface area contributed by atoms with Crippen molar-refractivity contribution in [2.75, 3.05) is 44.6 Å². The van der Waals surface area contributed by atoms with E-state index in [-0.39, 0.29) is 11.8 Å². The highest BCUT2D eigenvalue weighted by molar-refractivity contribution is 9.10. The van der Waals surface area contributed by atoms with Crippen molar-refractivity contribution in [3.63, 3.8) is 0 Å². The van der Waals surface area contributed by atoms with Gasteiger partial charge in [0.2, 0.25) is 0 Å².